The van der Waals surface area contributed by atoms with E-state index in [2.05, 4.69) is 4.52 Å². The fourth-order valence-corrected chi connectivity index (χ4v) is 13.9. The van der Waals surface area contributed by atoms with Gasteiger partial charge in [0.25, 0.3) is 0 Å². The van der Waals surface area contributed by atoms with Crippen LogP contribution in [0.25, 0.3) is 0 Å². The zero-order valence-electron chi connectivity index (χ0n) is 40.8. The van der Waals surface area contributed by atoms with Gasteiger partial charge in [-0.2, -0.15) is 8.42 Å². The van der Waals surface area contributed by atoms with Crippen molar-refractivity contribution in [3.63, 3.8) is 0 Å². The number of likely N-dealkylation sites (N-methyl/N-ethyl adjacent to an activating group) is 1. The van der Waals surface area contributed by atoms with Crippen LogP contribution in [0.5, 0.6) is 0 Å². The van der Waals surface area contributed by atoms with E-state index in [-0.39, 0.29) is 25.7 Å². The third-order valence-electron chi connectivity index (χ3n) is 11.2. The number of ether oxygens (including phenoxy) is 2. The SMILES string of the molecule is CCCCCCCCS(=O)(=O)N(F)C(OCC)(N(F)S(=O)(=O)CCCCCCCC)C(OCCOP(=O)(O)O)(N(F)S(=O)(=O)CCCCCCCC)[N+](F)(CC)S(=O)(=O)CCCCCCCC. The van der Waals surface area contributed by atoms with Gasteiger partial charge in [0.15, 0.2) is 0 Å². The van der Waals surface area contributed by atoms with E-state index in [4.69, 9.17) is 9.47 Å². The van der Waals surface area contributed by atoms with E-state index in [1.165, 1.54) is 0 Å². The van der Waals surface area contributed by atoms with Gasteiger partial charge in [-0.05, 0) is 39.5 Å². The first-order valence-electron chi connectivity index (χ1n) is 24.1. The lowest BCUT2D eigenvalue weighted by atomic mass is 10.1. The molecule has 27 heteroatoms. The van der Waals surface area contributed by atoms with Crippen molar-refractivity contribution in [2.45, 2.75) is 207 Å². The highest BCUT2D eigenvalue weighted by Crippen LogP contribution is 2.53. The molecule has 0 radical (unpaired) electrons. The molecule has 0 fully saturated rings. The Kier molecular flexibility index (Phi) is 32.2. The number of phosphoric acid groups is 1. The largest absolute Gasteiger partial charge is 0.469 e. The van der Waals surface area contributed by atoms with Gasteiger partial charge >= 0.3 is 29.5 Å². The summed E-state index contributed by atoms with van der Waals surface area (Å²) in [5.41, 5.74) is 0. The van der Waals surface area contributed by atoms with Crippen LogP contribution in [0.15, 0.2) is 0 Å². The van der Waals surface area contributed by atoms with Crippen LogP contribution in [0.2, 0.25) is 0 Å². The molecule has 0 amide bonds. The molecule has 2 atom stereocenters. The molecular weight excluding hydrogens is 996 g/mol. The molecule has 0 aliphatic carbocycles. The number of quaternary nitrogens is 1. The zero-order valence-corrected chi connectivity index (χ0v) is 45.0. The number of hydrogen-bond donors (Lipinski definition) is 2. The number of rotatable bonds is 45. The number of halogens is 4. The summed E-state index contributed by atoms with van der Waals surface area (Å²) < 4.78 is 207. The lowest BCUT2D eigenvalue weighted by molar-refractivity contribution is -1.04. The minimum atomic E-state index is -6.01. The van der Waals surface area contributed by atoms with Crippen LogP contribution in [-0.2, 0) is 58.7 Å². The maximum absolute atomic E-state index is 19.0. The Morgan fingerprint density at radius 3 is 1.10 bits per heavy atom. The van der Waals surface area contributed by atoms with E-state index in [0.717, 1.165) is 58.3 Å². The highest BCUT2D eigenvalue weighted by atomic mass is 32.2. The molecule has 0 aromatic carbocycles. The van der Waals surface area contributed by atoms with Crippen LogP contribution >= 0.6 is 7.82 Å². The molecular formula is C40H84F4N4O14PS4+. The third kappa shape index (κ3) is 20.1. The molecule has 0 aromatic rings. The van der Waals surface area contributed by atoms with Crippen molar-refractivity contribution in [2.75, 3.05) is 49.4 Å². The number of phosphoric ester groups is 1. The van der Waals surface area contributed by atoms with Crippen molar-refractivity contribution in [1.29, 1.82) is 0 Å². The Morgan fingerprint density at radius 1 is 0.478 bits per heavy atom. The van der Waals surface area contributed by atoms with E-state index in [1.54, 1.807) is 0 Å². The minimum Gasteiger partial charge on any atom is -0.334 e. The van der Waals surface area contributed by atoms with Crippen molar-refractivity contribution in [3.05, 3.63) is 0 Å². The Balaban J connectivity index is 8.93. The van der Waals surface area contributed by atoms with Gasteiger partial charge in [-0.1, -0.05) is 156 Å². The Morgan fingerprint density at radius 2 is 0.791 bits per heavy atom. The van der Waals surface area contributed by atoms with Crippen molar-refractivity contribution in [2.24, 2.45) is 0 Å². The normalized spacial score (nSPS) is 15.4. The second-order valence-electron chi connectivity index (χ2n) is 16.7. The van der Waals surface area contributed by atoms with E-state index in [1.807, 2.05) is 27.7 Å². The average Bonchev–Trinajstić information content (AvgIpc) is 3.26. The van der Waals surface area contributed by atoms with Crippen LogP contribution in [0.1, 0.15) is 196 Å². The van der Waals surface area contributed by atoms with E-state index >= 15 is 17.9 Å². The third-order valence-corrected chi connectivity index (χ3v) is 18.5. The first-order valence-corrected chi connectivity index (χ1v) is 32.1. The van der Waals surface area contributed by atoms with Crippen molar-refractivity contribution in [1.82, 2.24) is 13.6 Å². The molecule has 0 heterocycles. The van der Waals surface area contributed by atoms with Gasteiger partial charge in [0, 0.05) is 24.3 Å². The van der Waals surface area contributed by atoms with Gasteiger partial charge in [0.05, 0.1) is 35.0 Å². The van der Waals surface area contributed by atoms with E-state index in [9.17, 15) is 48.0 Å². The highest BCUT2D eigenvalue weighted by molar-refractivity contribution is 7.90. The van der Waals surface area contributed by atoms with Gasteiger partial charge < -0.3 is 19.3 Å². The Bertz CT molecular complexity index is 1810. The molecule has 404 valence electrons. The number of unbranched alkanes of at least 4 members (excludes halogenated alkanes) is 20. The summed E-state index contributed by atoms with van der Waals surface area (Å²) in [5.74, 6) is -15.9. The maximum Gasteiger partial charge on any atom is 0.469 e. The van der Waals surface area contributed by atoms with Crippen LogP contribution < -0.4 is 0 Å². The smallest absolute Gasteiger partial charge is 0.334 e. The second-order valence-corrected chi connectivity index (χ2v) is 25.8. The van der Waals surface area contributed by atoms with Gasteiger partial charge in [-0.15, -0.1) is 13.4 Å². The van der Waals surface area contributed by atoms with Crippen LogP contribution in [0, 0.1) is 0 Å². The molecule has 0 aliphatic heterocycles. The predicted molar refractivity (Wildman–Crippen MR) is 250 cm³/mol. The zero-order chi connectivity index (χ0) is 51.5. The van der Waals surface area contributed by atoms with Crippen LogP contribution in [0.4, 0.5) is 17.9 Å². The van der Waals surface area contributed by atoms with Crippen molar-refractivity contribution in [3.8, 4) is 0 Å². The van der Waals surface area contributed by atoms with Gasteiger partial charge in [-0.25, -0.2) is 29.8 Å². The van der Waals surface area contributed by atoms with Gasteiger partial charge in [0.1, 0.15) is 12.3 Å². The fourth-order valence-electron chi connectivity index (χ4n) is 7.53. The predicted octanol–water partition coefficient (Wildman–Crippen LogP) is 9.50. The van der Waals surface area contributed by atoms with E-state index < -0.39 is 152 Å². The minimum absolute atomic E-state index is 0.0805. The van der Waals surface area contributed by atoms with Gasteiger partial charge in [0.2, 0.25) is 30.1 Å². The molecule has 0 spiro atoms. The summed E-state index contributed by atoms with van der Waals surface area (Å²) >= 11 is 0. The van der Waals surface area contributed by atoms with Crippen molar-refractivity contribution >= 4 is 47.9 Å². The summed E-state index contributed by atoms with van der Waals surface area (Å²) in [7, 11) is -29.5. The maximum atomic E-state index is 19.0. The lowest BCUT2D eigenvalue weighted by Gasteiger charge is -2.52. The monoisotopic (exact) mass is 1080 g/mol. The molecule has 2 unspecified atom stereocenters. The second kappa shape index (κ2) is 32.5. The topological polar surface area (TPSA) is 231 Å². The number of hydrogen-bond acceptors (Lipinski definition) is 12. The fraction of sp³-hybridized carbons (Fsp3) is 1.00. The van der Waals surface area contributed by atoms with Crippen molar-refractivity contribution < 1.29 is 84.1 Å². The van der Waals surface area contributed by atoms with Crippen LogP contribution in [0.3, 0.4) is 0 Å². The summed E-state index contributed by atoms with van der Waals surface area (Å²) in [6.45, 7) is 2.82. The first-order chi connectivity index (χ1) is 31.3. The number of nitrogens with zero attached hydrogens (tertiary/aromatic N) is 4. The molecule has 0 saturated carbocycles. The summed E-state index contributed by atoms with van der Waals surface area (Å²) in [5, 5.41) is 0. The molecule has 0 aliphatic rings. The summed E-state index contributed by atoms with van der Waals surface area (Å²) in [6.07, 6.45) is 8.85. The molecule has 67 heavy (non-hydrogen) atoms. The molecule has 0 bridgehead atoms. The highest BCUT2D eigenvalue weighted by Gasteiger charge is 2.88. The summed E-state index contributed by atoms with van der Waals surface area (Å²) in [4.78, 5) is 18.9. The molecule has 0 saturated heterocycles. The Labute approximate surface area is 400 Å². The van der Waals surface area contributed by atoms with Crippen LogP contribution in [-0.4, -0.2) is 122 Å². The average molecular weight is 1080 g/mol. The number of sulfonamides is 4. The van der Waals surface area contributed by atoms with Gasteiger partial charge in [-0.3, -0.25) is 4.52 Å². The molecule has 0 rings (SSSR count). The van der Waals surface area contributed by atoms with E-state index in [0.29, 0.717) is 58.3 Å². The lowest BCUT2D eigenvalue weighted by Crippen LogP contribution is -2.87. The quantitative estimate of drug-likeness (QED) is 0.0190. The molecule has 0 aromatic heterocycles. The first kappa shape index (κ1) is 66.4. The molecule has 2 N–H and O–H groups in total. The Hall–Kier alpha value is -0.610. The summed E-state index contributed by atoms with van der Waals surface area (Å²) in [6, 6.07) is 0. The molecule has 18 nitrogen and oxygen atoms in total. The standard InChI is InChI=1S/C40H83F4N4O14PS4/c1-7-13-17-21-25-29-35-64(52,53)45(41)39(60-12-6,46(42)65(54,55)36-30-26-22-18-14-8-2)40(61-33-34-62-63(49,50)51,47(43)66(56,57)37-31-27-23-19-15-9-3)48(44,11-5)67(58,59)38-32-28-24-20-16-10-4/h7-38H2,1-6H3,(H-,49,50,51)/p+1.